The van der Waals surface area contributed by atoms with Crippen LogP contribution in [0.3, 0.4) is 0 Å². The molecule has 0 saturated heterocycles. The Balaban J connectivity index is 1.82. The lowest BCUT2D eigenvalue weighted by atomic mass is 10.2. The van der Waals surface area contributed by atoms with Crippen molar-refractivity contribution >= 4 is 12.1 Å². The number of aromatic amines is 1. The van der Waals surface area contributed by atoms with Crippen molar-refractivity contribution in [3.05, 3.63) is 53.9 Å². The van der Waals surface area contributed by atoms with E-state index in [1.807, 2.05) is 30.3 Å². The number of rotatable bonds is 4. The summed E-state index contributed by atoms with van der Waals surface area (Å²) in [6, 6.07) is 11.3. The van der Waals surface area contributed by atoms with Crippen molar-refractivity contribution in [3.8, 4) is 0 Å². The lowest BCUT2D eigenvalue weighted by Gasteiger charge is -1.97. The van der Waals surface area contributed by atoms with Gasteiger partial charge in [-0.1, -0.05) is 30.3 Å². The number of aromatic nitrogens is 2. The SMILES string of the molecule is O=C(Cc1ccn[nH]1)NN=Cc1ccccc1. The van der Waals surface area contributed by atoms with Crippen LogP contribution >= 0.6 is 0 Å². The van der Waals surface area contributed by atoms with Crippen LogP contribution in [0, 0.1) is 0 Å². The average Bonchev–Trinajstić information content (AvgIpc) is 2.83. The first-order chi connectivity index (χ1) is 8.34. The fourth-order valence-electron chi connectivity index (χ4n) is 1.31. The molecule has 0 spiro atoms. The number of hydrogen-bond acceptors (Lipinski definition) is 3. The topological polar surface area (TPSA) is 70.1 Å². The van der Waals surface area contributed by atoms with E-state index < -0.39 is 0 Å². The minimum absolute atomic E-state index is 0.179. The molecule has 2 aromatic rings. The molecule has 1 heterocycles. The van der Waals surface area contributed by atoms with Gasteiger partial charge >= 0.3 is 0 Å². The molecule has 5 heteroatoms. The molecular weight excluding hydrogens is 216 g/mol. The van der Waals surface area contributed by atoms with Crippen molar-refractivity contribution in [2.45, 2.75) is 6.42 Å². The van der Waals surface area contributed by atoms with Gasteiger partial charge in [0.15, 0.2) is 0 Å². The van der Waals surface area contributed by atoms with Crippen LogP contribution in [0.15, 0.2) is 47.7 Å². The molecule has 1 aromatic heterocycles. The van der Waals surface area contributed by atoms with Gasteiger partial charge in [-0.3, -0.25) is 9.89 Å². The maximum atomic E-state index is 11.4. The van der Waals surface area contributed by atoms with Crippen molar-refractivity contribution in [2.75, 3.05) is 0 Å². The van der Waals surface area contributed by atoms with Crippen LogP contribution in [-0.4, -0.2) is 22.3 Å². The number of carbonyl (C=O) groups excluding carboxylic acids is 1. The Kier molecular flexibility index (Phi) is 3.64. The van der Waals surface area contributed by atoms with Crippen molar-refractivity contribution in [3.63, 3.8) is 0 Å². The van der Waals surface area contributed by atoms with E-state index in [9.17, 15) is 4.79 Å². The number of benzene rings is 1. The maximum absolute atomic E-state index is 11.4. The van der Waals surface area contributed by atoms with E-state index in [-0.39, 0.29) is 12.3 Å². The van der Waals surface area contributed by atoms with Gasteiger partial charge in [-0.2, -0.15) is 10.2 Å². The van der Waals surface area contributed by atoms with E-state index in [2.05, 4.69) is 20.7 Å². The summed E-state index contributed by atoms with van der Waals surface area (Å²) in [7, 11) is 0. The summed E-state index contributed by atoms with van der Waals surface area (Å²) in [5, 5.41) is 10.3. The molecule has 5 nitrogen and oxygen atoms in total. The predicted molar refractivity (Wildman–Crippen MR) is 64.5 cm³/mol. The molecule has 0 aliphatic heterocycles. The van der Waals surface area contributed by atoms with Crippen molar-refractivity contribution in [1.82, 2.24) is 15.6 Å². The third-order valence-corrected chi connectivity index (χ3v) is 2.11. The maximum Gasteiger partial charge on any atom is 0.246 e. The van der Waals surface area contributed by atoms with Gasteiger partial charge in [0.2, 0.25) is 5.91 Å². The Morgan fingerprint density at radius 2 is 2.18 bits per heavy atom. The number of amides is 1. The molecule has 0 bridgehead atoms. The van der Waals surface area contributed by atoms with Gasteiger partial charge in [-0.05, 0) is 11.6 Å². The van der Waals surface area contributed by atoms with Crippen molar-refractivity contribution < 1.29 is 4.79 Å². The summed E-state index contributed by atoms with van der Waals surface area (Å²) in [5.41, 5.74) is 4.15. The van der Waals surface area contributed by atoms with E-state index >= 15 is 0 Å². The second kappa shape index (κ2) is 5.60. The lowest BCUT2D eigenvalue weighted by Crippen LogP contribution is -2.19. The highest BCUT2D eigenvalue weighted by Crippen LogP contribution is 1.94. The first-order valence-corrected chi connectivity index (χ1v) is 5.20. The molecule has 86 valence electrons. The molecule has 1 amide bonds. The number of hydrazone groups is 1. The predicted octanol–water partition coefficient (Wildman–Crippen LogP) is 1.10. The Morgan fingerprint density at radius 1 is 1.35 bits per heavy atom. The summed E-state index contributed by atoms with van der Waals surface area (Å²) in [6.07, 6.45) is 3.45. The average molecular weight is 228 g/mol. The van der Waals surface area contributed by atoms with E-state index in [0.29, 0.717) is 0 Å². The Morgan fingerprint density at radius 3 is 2.88 bits per heavy atom. The van der Waals surface area contributed by atoms with Gasteiger partial charge in [-0.15, -0.1) is 0 Å². The van der Waals surface area contributed by atoms with Crippen LogP contribution in [-0.2, 0) is 11.2 Å². The monoisotopic (exact) mass is 228 g/mol. The summed E-state index contributed by atoms with van der Waals surface area (Å²) in [6.45, 7) is 0. The zero-order valence-corrected chi connectivity index (χ0v) is 9.13. The van der Waals surface area contributed by atoms with Crippen molar-refractivity contribution in [1.29, 1.82) is 0 Å². The van der Waals surface area contributed by atoms with E-state index in [4.69, 9.17) is 0 Å². The van der Waals surface area contributed by atoms with Crippen LogP contribution < -0.4 is 5.43 Å². The molecule has 0 unspecified atom stereocenters. The second-order valence-corrected chi connectivity index (χ2v) is 3.46. The largest absolute Gasteiger partial charge is 0.282 e. The number of nitrogens with zero attached hydrogens (tertiary/aromatic N) is 2. The number of hydrogen-bond donors (Lipinski definition) is 2. The van der Waals surface area contributed by atoms with Crippen LogP contribution in [0.25, 0.3) is 0 Å². The molecule has 2 N–H and O–H groups in total. The highest BCUT2D eigenvalue weighted by molar-refractivity contribution is 5.82. The number of nitrogens with one attached hydrogen (secondary N) is 2. The molecular formula is C12H12N4O. The molecule has 0 saturated carbocycles. The summed E-state index contributed by atoms with van der Waals surface area (Å²) < 4.78 is 0. The third-order valence-electron chi connectivity index (χ3n) is 2.11. The van der Waals surface area contributed by atoms with Gasteiger partial charge in [0, 0.05) is 11.9 Å². The van der Waals surface area contributed by atoms with E-state index in [1.165, 1.54) is 0 Å². The quantitative estimate of drug-likeness (QED) is 0.607. The molecule has 0 aliphatic rings. The first-order valence-electron chi connectivity index (χ1n) is 5.20. The number of carbonyl (C=O) groups is 1. The Bertz CT molecular complexity index is 490. The van der Waals surface area contributed by atoms with Gasteiger partial charge in [0.05, 0.1) is 12.6 Å². The van der Waals surface area contributed by atoms with E-state index in [1.54, 1.807) is 18.5 Å². The normalized spacial score (nSPS) is 10.6. The fourth-order valence-corrected chi connectivity index (χ4v) is 1.31. The zero-order valence-electron chi connectivity index (χ0n) is 9.13. The van der Waals surface area contributed by atoms with Crippen LogP contribution in [0.2, 0.25) is 0 Å². The molecule has 1 aromatic carbocycles. The molecule has 0 atom stereocenters. The lowest BCUT2D eigenvalue weighted by molar-refractivity contribution is -0.120. The van der Waals surface area contributed by atoms with Gasteiger partial charge in [0.25, 0.3) is 0 Å². The molecule has 0 aliphatic carbocycles. The fraction of sp³-hybridized carbons (Fsp3) is 0.0833. The highest BCUT2D eigenvalue weighted by atomic mass is 16.2. The van der Waals surface area contributed by atoms with Gasteiger partial charge in [0.1, 0.15) is 0 Å². The van der Waals surface area contributed by atoms with Crippen LogP contribution in [0.4, 0.5) is 0 Å². The van der Waals surface area contributed by atoms with Crippen LogP contribution in [0.5, 0.6) is 0 Å². The minimum Gasteiger partial charge on any atom is -0.282 e. The van der Waals surface area contributed by atoms with Gasteiger partial charge in [-0.25, -0.2) is 5.43 Å². The summed E-state index contributed by atoms with van der Waals surface area (Å²) in [4.78, 5) is 11.4. The van der Waals surface area contributed by atoms with Crippen LogP contribution in [0.1, 0.15) is 11.3 Å². The second-order valence-electron chi connectivity index (χ2n) is 3.46. The van der Waals surface area contributed by atoms with Crippen molar-refractivity contribution in [2.24, 2.45) is 5.10 Å². The van der Waals surface area contributed by atoms with Gasteiger partial charge < -0.3 is 0 Å². The molecule has 0 fully saturated rings. The summed E-state index contributed by atoms with van der Waals surface area (Å²) >= 11 is 0. The smallest absolute Gasteiger partial charge is 0.246 e. The standard InChI is InChI=1S/C12H12N4O/c17-12(8-11-6-7-13-15-11)16-14-9-10-4-2-1-3-5-10/h1-7,9H,8H2,(H,13,15)(H,16,17). The Hall–Kier alpha value is -2.43. The van der Waals surface area contributed by atoms with E-state index in [0.717, 1.165) is 11.3 Å². The molecule has 17 heavy (non-hydrogen) atoms. The first kappa shape index (κ1) is 11.1. The highest BCUT2D eigenvalue weighted by Gasteiger charge is 2.01. The molecule has 2 rings (SSSR count). The number of H-pyrrole nitrogens is 1. The third kappa shape index (κ3) is 3.57. The molecule has 0 radical (unpaired) electrons. The minimum atomic E-state index is -0.179. The Labute approximate surface area is 98.6 Å². The summed E-state index contributed by atoms with van der Waals surface area (Å²) in [5.74, 6) is -0.179. The zero-order chi connectivity index (χ0) is 11.9.